The average molecular weight is 269 g/mol. The van der Waals surface area contributed by atoms with E-state index < -0.39 is 9.58 Å². The number of aromatic amines is 1. The summed E-state index contributed by atoms with van der Waals surface area (Å²) in [5.41, 5.74) is 1.28. The van der Waals surface area contributed by atoms with E-state index in [9.17, 15) is 4.79 Å². The first-order valence-electron chi connectivity index (χ1n) is 4.43. The lowest BCUT2D eigenvalue weighted by molar-refractivity contribution is 0.0992. The molecule has 0 saturated carbocycles. The van der Waals surface area contributed by atoms with Crippen molar-refractivity contribution in [2.45, 2.75) is 30.0 Å². The van der Waals surface area contributed by atoms with E-state index in [-0.39, 0.29) is 5.41 Å². The summed E-state index contributed by atoms with van der Waals surface area (Å²) in [7, 11) is 0. The van der Waals surface area contributed by atoms with Crippen LogP contribution in [0.1, 0.15) is 36.8 Å². The second-order valence-corrected chi connectivity index (χ2v) is 6.66. The molecule has 0 amide bonds. The molecule has 0 aliphatic heterocycles. The third kappa shape index (κ3) is 3.13. The van der Waals surface area contributed by atoms with Crippen LogP contribution in [0.3, 0.4) is 0 Å². The fourth-order valence-electron chi connectivity index (χ4n) is 1.11. The number of alkyl halides is 3. The molecule has 84 valence electrons. The van der Waals surface area contributed by atoms with Crippen LogP contribution in [0.2, 0.25) is 0 Å². The van der Waals surface area contributed by atoms with Gasteiger partial charge in [0, 0.05) is 6.20 Å². The molecule has 0 bridgehead atoms. The summed E-state index contributed by atoms with van der Waals surface area (Å²) in [5.74, 6) is -0.539. The lowest BCUT2D eigenvalue weighted by atomic mass is 9.89. The zero-order valence-electron chi connectivity index (χ0n) is 8.70. The molecule has 0 aromatic carbocycles. The highest BCUT2D eigenvalue weighted by atomic mass is 35.6. The van der Waals surface area contributed by atoms with E-state index in [2.05, 4.69) is 4.98 Å². The number of H-pyrrole nitrogens is 1. The molecule has 0 radical (unpaired) electrons. The largest absolute Gasteiger partial charge is 0.358 e. The molecule has 0 fully saturated rings. The zero-order chi connectivity index (χ0) is 11.9. The van der Waals surface area contributed by atoms with Crippen LogP contribution in [0.5, 0.6) is 0 Å². The predicted octanol–water partition coefficient (Wildman–Crippen LogP) is 3.87. The Hall–Kier alpha value is -0.180. The van der Waals surface area contributed by atoms with Gasteiger partial charge in [0.2, 0.25) is 5.78 Å². The third-order valence-corrected chi connectivity index (χ3v) is 2.57. The number of nitrogens with one attached hydrogen (secondary N) is 1. The van der Waals surface area contributed by atoms with Crippen molar-refractivity contribution in [2.75, 3.05) is 0 Å². The van der Waals surface area contributed by atoms with Crippen LogP contribution in [0, 0.1) is 0 Å². The Bertz CT molecular complexity index is 371. The first kappa shape index (κ1) is 12.9. The number of ketones is 1. The monoisotopic (exact) mass is 267 g/mol. The van der Waals surface area contributed by atoms with Crippen molar-refractivity contribution in [1.82, 2.24) is 4.98 Å². The molecular formula is C10H12Cl3NO. The van der Waals surface area contributed by atoms with Gasteiger partial charge in [-0.05, 0) is 17.0 Å². The van der Waals surface area contributed by atoms with Crippen molar-refractivity contribution in [3.05, 3.63) is 23.5 Å². The van der Waals surface area contributed by atoms with Crippen LogP contribution in [-0.4, -0.2) is 14.6 Å². The van der Waals surface area contributed by atoms with E-state index in [1.807, 2.05) is 20.8 Å². The standard InChI is InChI=1S/C10H12Cl3NO/c1-9(2,3)6-4-7(14-5-6)8(15)10(11,12)13/h4-5,14H,1-3H3. The van der Waals surface area contributed by atoms with E-state index in [4.69, 9.17) is 34.8 Å². The second-order valence-electron chi connectivity index (χ2n) is 4.38. The Balaban J connectivity index is 3.01. The molecule has 15 heavy (non-hydrogen) atoms. The maximum atomic E-state index is 11.6. The molecule has 0 aliphatic rings. The van der Waals surface area contributed by atoms with Gasteiger partial charge in [-0.1, -0.05) is 55.6 Å². The quantitative estimate of drug-likeness (QED) is 0.609. The van der Waals surface area contributed by atoms with E-state index >= 15 is 0 Å². The number of hydrogen-bond acceptors (Lipinski definition) is 1. The van der Waals surface area contributed by atoms with Crippen molar-refractivity contribution in [3.63, 3.8) is 0 Å². The van der Waals surface area contributed by atoms with Crippen LogP contribution in [-0.2, 0) is 5.41 Å². The number of Topliss-reactive ketones (excluding diaryl/α,β-unsaturated/α-hetero) is 1. The molecule has 1 aromatic rings. The highest BCUT2D eigenvalue weighted by Gasteiger charge is 2.33. The summed E-state index contributed by atoms with van der Waals surface area (Å²) in [6.07, 6.45) is 1.75. The van der Waals surface area contributed by atoms with Crippen molar-refractivity contribution in [2.24, 2.45) is 0 Å². The Morgan fingerprint density at radius 2 is 1.80 bits per heavy atom. The van der Waals surface area contributed by atoms with E-state index in [0.29, 0.717) is 5.69 Å². The van der Waals surface area contributed by atoms with Crippen LogP contribution < -0.4 is 0 Å². The van der Waals surface area contributed by atoms with Crippen molar-refractivity contribution < 1.29 is 4.79 Å². The number of hydrogen-bond donors (Lipinski definition) is 1. The molecule has 0 aliphatic carbocycles. The van der Waals surface area contributed by atoms with E-state index in [1.54, 1.807) is 12.3 Å². The molecule has 1 heterocycles. The van der Waals surface area contributed by atoms with Crippen LogP contribution in [0.25, 0.3) is 0 Å². The number of carbonyl (C=O) groups is 1. The summed E-state index contributed by atoms with van der Waals surface area (Å²) >= 11 is 16.5. The van der Waals surface area contributed by atoms with Gasteiger partial charge in [0.05, 0.1) is 5.69 Å². The van der Waals surface area contributed by atoms with Gasteiger partial charge >= 0.3 is 0 Å². The Morgan fingerprint density at radius 3 is 2.13 bits per heavy atom. The molecule has 1 N–H and O–H groups in total. The minimum Gasteiger partial charge on any atom is -0.358 e. The molecule has 1 rings (SSSR count). The van der Waals surface area contributed by atoms with Crippen molar-refractivity contribution >= 4 is 40.6 Å². The Kier molecular flexibility index (Phi) is 3.44. The average Bonchev–Trinajstić information content (AvgIpc) is 2.47. The van der Waals surface area contributed by atoms with Crippen LogP contribution in [0.4, 0.5) is 0 Å². The lowest BCUT2D eigenvalue weighted by Gasteiger charge is -2.15. The van der Waals surface area contributed by atoms with Gasteiger partial charge in [0.25, 0.3) is 3.79 Å². The molecule has 0 atom stereocenters. The molecule has 0 saturated heterocycles. The second kappa shape index (κ2) is 4.00. The fraction of sp³-hybridized carbons (Fsp3) is 0.500. The summed E-state index contributed by atoms with van der Waals surface area (Å²) in [6.45, 7) is 6.12. The summed E-state index contributed by atoms with van der Waals surface area (Å²) in [6, 6.07) is 1.71. The van der Waals surface area contributed by atoms with Gasteiger partial charge in [0.15, 0.2) is 0 Å². The number of carbonyl (C=O) groups excluding carboxylic acids is 1. The smallest absolute Gasteiger partial charge is 0.254 e. The number of aromatic nitrogens is 1. The maximum Gasteiger partial charge on any atom is 0.254 e. The SMILES string of the molecule is CC(C)(C)c1c[nH]c(C(=O)C(Cl)(Cl)Cl)c1. The van der Waals surface area contributed by atoms with Crippen LogP contribution in [0.15, 0.2) is 12.3 Å². The van der Waals surface area contributed by atoms with Gasteiger partial charge in [-0.2, -0.15) is 0 Å². The Labute approximate surface area is 104 Å². The van der Waals surface area contributed by atoms with E-state index in [1.165, 1.54) is 0 Å². The number of halogens is 3. The molecule has 0 spiro atoms. The highest BCUT2D eigenvalue weighted by Crippen LogP contribution is 2.31. The highest BCUT2D eigenvalue weighted by molar-refractivity contribution is 6.77. The molecule has 5 heteroatoms. The zero-order valence-corrected chi connectivity index (χ0v) is 11.0. The van der Waals surface area contributed by atoms with Crippen molar-refractivity contribution in [1.29, 1.82) is 0 Å². The normalized spacial score (nSPS) is 12.9. The topological polar surface area (TPSA) is 32.9 Å². The van der Waals surface area contributed by atoms with E-state index in [0.717, 1.165) is 5.56 Å². The molecule has 2 nitrogen and oxygen atoms in total. The van der Waals surface area contributed by atoms with Gasteiger partial charge in [-0.15, -0.1) is 0 Å². The first-order chi connectivity index (χ1) is 6.62. The van der Waals surface area contributed by atoms with Gasteiger partial charge in [-0.3, -0.25) is 4.79 Å². The summed E-state index contributed by atoms with van der Waals surface area (Å²) in [5, 5.41) is 0. The minimum atomic E-state index is -1.90. The summed E-state index contributed by atoms with van der Waals surface area (Å²) < 4.78 is -1.90. The Morgan fingerprint density at radius 1 is 1.27 bits per heavy atom. The summed E-state index contributed by atoms with van der Waals surface area (Å²) in [4.78, 5) is 14.4. The minimum absolute atomic E-state index is 0.0391. The van der Waals surface area contributed by atoms with Crippen molar-refractivity contribution in [3.8, 4) is 0 Å². The first-order valence-corrected chi connectivity index (χ1v) is 5.56. The molecule has 1 aromatic heterocycles. The molecular weight excluding hydrogens is 256 g/mol. The fourth-order valence-corrected chi connectivity index (χ4v) is 1.42. The third-order valence-electron chi connectivity index (χ3n) is 2.05. The lowest BCUT2D eigenvalue weighted by Crippen LogP contribution is -2.19. The number of rotatable bonds is 1. The molecule has 0 unspecified atom stereocenters. The van der Waals surface area contributed by atoms with Gasteiger partial charge < -0.3 is 4.98 Å². The van der Waals surface area contributed by atoms with Crippen LogP contribution >= 0.6 is 34.8 Å². The van der Waals surface area contributed by atoms with Gasteiger partial charge in [0.1, 0.15) is 0 Å². The van der Waals surface area contributed by atoms with Gasteiger partial charge in [-0.25, -0.2) is 0 Å². The maximum absolute atomic E-state index is 11.6. The predicted molar refractivity (Wildman–Crippen MR) is 64.1 cm³/mol.